The summed E-state index contributed by atoms with van der Waals surface area (Å²) in [7, 11) is 1.75. The van der Waals surface area contributed by atoms with Crippen LogP contribution in [0.1, 0.15) is 13.8 Å². The van der Waals surface area contributed by atoms with Crippen LogP contribution in [0.25, 0.3) is 0 Å². The van der Waals surface area contributed by atoms with Crippen molar-refractivity contribution in [3.63, 3.8) is 0 Å². The van der Waals surface area contributed by atoms with Gasteiger partial charge in [0.15, 0.2) is 6.17 Å². The topological polar surface area (TPSA) is 61.1 Å². The molecule has 0 saturated carbocycles. The zero-order valence-electron chi connectivity index (χ0n) is 8.15. The highest BCUT2D eigenvalue weighted by Gasteiger charge is 2.29. The molecule has 2 aliphatic rings. The van der Waals surface area contributed by atoms with Crippen LogP contribution in [-0.2, 0) is 0 Å². The lowest BCUT2D eigenvalue weighted by atomic mass is 10.2. The number of rotatable bonds is 0. The summed E-state index contributed by atoms with van der Waals surface area (Å²) in [5.74, 6) is 0.891. The van der Waals surface area contributed by atoms with E-state index < -0.39 is 0 Å². The molecule has 0 fully saturated rings. The average Bonchev–Trinajstić information content (AvgIpc) is 2.68. The third kappa shape index (κ3) is 1.85. The fourth-order valence-corrected chi connectivity index (χ4v) is 1.19. The maximum atomic E-state index is 4.11. The van der Waals surface area contributed by atoms with E-state index >= 15 is 0 Å². The summed E-state index contributed by atoms with van der Waals surface area (Å²) < 4.78 is 0. The Hall–Kier alpha value is -1.39. The van der Waals surface area contributed by atoms with Gasteiger partial charge in [-0.1, -0.05) is 13.8 Å². The van der Waals surface area contributed by atoms with Crippen LogP contribution in [0, 0.1) is 0 Å². The van der Waals surface area contributed by atoms with Gasteiger partial charge < -0.3 is 10.6 Å². The molecule has 0 aromatic carbocycles. The summed E-state index contributed by atoms with van der Waals surface area (Å²) in [5, 5.41) is 6.02. The molecule has 13 heavy (non-hydrogen) atoms. The number of hydrogen-bond donors (Lipinski definition) is 2. The quantitative estimate of drug-likeness (QED) is 0.552. The summed E-state index contributed by atoms with van der Waals surface area (Å²) in [6.45, 7) is 4.00. The molecular formula is C8H15N5. The maximum Gasteiger partial charge on any atom is 0.170 e. The molecule has 0 aliphatic carbocycles. The lowest BCUT2D eigenvalue weighted by molar-refractivity contribution is 0.636. The molecule has 2 rings (SSSR count). The Morgan fingerprint density at radius 2 is 2.00 bits per heavy atom. The number of fused-ring (bicyclic) bond motifs is 1. The Balaban J connectivity index is 0.000000396. The Kier molecular flexibility index (Phi) is 3.42. The lowest BCUT2D eigenvalue weighted by Crippen LogP contribution is -2.49. The minimum Gasteiger partial charge on any atom is -0.363 e. The molecule has 0 saturated heterocycles. The molecule has 2 N–H and O–H groups in total. The SMILES string of the molecule is CC.CN=C1NC=NC2N=CNC12. The summed E-state index contributed by atoms with van der Waals surface area (Å²) in [6.07, 6.45) is 3.29. The van der Waals surface area contributed by atoms with Gasteiger partial charge in [-0.3, -0.25) is 4.99 Å². The van der Waals surface area contributed by atoms with E-state index in [1.165, 1.54) is 0 Å². The number of aliphatic imine (C=N–C) groups is 3. The van der Waals surface area contributed by atoms with Crippen molar-refractivity contribution in [2.75, 3.05) is 7.05 Å². The molecule has 0 spiro atoms. The van der Waals surface area contributed by atoms with Crippen molar-refractivity contribution in [3.05, 3.63) is 0 Å². The van der Waals surface area contributed by atoms with Crippen LogP contribution in [0.15, 0.2) is 15.0 Å². The second-order valence-electron chi connectivity index (χ2n) is 2.37. The van der Waals surface area contributed by atoms with Crippen LogP contribution in [-0.4, -0.2) is 37.8 Å². The van der Waals surface area contributed by atoms with Crippen molar-refractivity contribution in [3.8, 4) is 0 Å². The van der Waals surface area contributed by atoms with Crippen LogP contribution in [0.2, 0.25) is 0 Å². The van der Waals surface area contributed by atoms with Gasteiger partial charge in [-0.2, -0.15) is 0 Å². The number of hydrogen-bond acceptors (Lipinski definition) is 4. The monoisotopic (exact) mass is 181 g/mol. The highest BCUT2D eigenvalue weighted by molar-refractivity contribution is 5.99. The predicted octanol–water partition coefficient (Wildman–Crippen LogP) is -0.00140. The molecule has 2 unspecified atom stereocenters. The van der Waals surface area contributed by atoms with Crippen molar-refractivity contribution in [2.45, 2.75) is 26.1 Å². The molecule has 2 aliphatic heterocycles. The molecule has 72 valence electrons. The summed E-state index contributed by atoms with van der Waals surface area (Å²) >= 11 is 0. The van der Waals surface area contributed by atoms with Crippen molar-refractivity contribution >= 4 is 18.5 Å². The molecular weight excluding hydrogens is 166 g/mol. The van der Waals surface area contributed by atoms with E-state index in [1.807, 2.05) is 13.8 Å². The van der Waals surface area contributed by atoms with Crippen molar-refractivity contribution in [2.24, 2.45) is 15.0 Å². The normalized spacial score (nSPS) is 31.5. The van der Waals surface area contributed by atoms with Crippen LogP contribution >= 0.6 is 0 Å². The number of nitrogens with one attached hydrogen (secondary N) is 2. The average molecular weight is 181 g/mol. The van der Waals surface area contributed by atoms with Crippen molar-refractivity contribution < 1.29 is 0 Å². The molecule has 5 nitrogen and oxygen atoms in total. The Labute approximate surface area is 78.1 Å². The minimum atomic E-state index is -0.0186. The fraction of sp³-hybridized carbons (Fsp3) is 0.625. The first-order valence-electron chi connectivity index (χ1n) is 4.44. The third-order valence-electron chi connectivity index (χ3n) is 1.75. The van der Waals surface area contributed by atoms with Gasteiger partial charge in [0, 0.05) is 7.05 Å². The van der Waals surface area contributed by atoms with Gasteiger partial charge in [0.05, 0.1) is 12.7 Å². The van der Waals surface area contributed by atoms with E-state index in [0.717, 1.165) is 5.84 Å². The van der Waals surface area contributed by atoms with E-state index in [0.29, 0.717) is 0 Å². The van der Waals surface area contributed by atoms with E-state index in [9.17, 15) is 0 Å². The molecule has 0 aromatic rings. The van der Waals surface area contributed by atoms with Gasteiger partial charge in [0.1, 0.15) is 11.9 Å². The standard InChI is InChI=1S/C6H9N5.C2H6/c1-7-5-4-6(10-2-8-4)11-3-9-5;1-2/h2-4,6H,1H3,(H,8,10)(H,7,9,11);1-2H3. The molecule has 5 heteroatoms. The van der Waals surface area contributed by atoms with Crippen LogP contribution < -0.4 is 10.6 Å². The van der Waals surface area contributed by atoms with Gasteiger partial charge in [0.25, 0.3) is 0 Å². The Morgan fingerprint density at radius 1 is 1.31 bits per heavy atom. The molecule has 0 amide bonds. The maximum absolute atomic E-state index is 4.11. The van der Waals surface area contributed by atoms with Gasteiger partial charge in [-0.15, -0.1) is 0 Å². The zero-order valence-corrected chi connectivity index (χ0v) is 8.15. The lowest BCUT2D eigenvalue weighted by Gasteiger charge is -2.20. The van der Waals surface area contributed by atoms with Gasteiger partial charge in [-0.25, -0.2) is 9.98 Å². The first kappa shape index (κ1) is 9.70. The second-order valence-corrected chi connectivity index (χ2v) is 2.37. The van der Waals surface area contributed by atoms with Crippen LogP contribution in [0.5, 0.6) is 0 Å². The van der Waals surface area contributed by atoms with E-state index in [2.05, 4.69) is 25.6 Å². The smallest absolute Gasteiger partial charge is 0.170 e. The second kappa shape index (κ2) is 4.59. The minimum absolute atomic E-state index is 0.0186. The van der Waals surface area contributed by atoms with Crippen molar-refractivity contribution in [1.82, 2.24) is 10.6 Å². The van der Waals surface area contributed by atoms with Crippen LogP contribution in [0.4, 0.5) is 0 Å². The fourth-order valence-electron chi connectivity index (χ4n) is 1.19. The van der Waals surface area contributed by atoms with E-state index in [1.54, 1.807) is 19.7 Å². The van der Waals surface area contributed by atoms with Crippen molar-refractivity contribution in [1.29, 1.82) is 0 Å². The van der Waals surface area contributed by atoms with Gasteiger partial charge in [-0.05, 0) is 0 Å². The zero-order chi connectivity index (χ0) is 9.68. The summed E-state index contributed by atoms with van der Waals surface area (Å²) in [5.41, 5.74) is 0. The third-order valence-corrected chi connectivity index (χ3v) is 1.75. The molecule has 0 bridgehead atoms. The first-order valence-corrected chi connectivity index (χ1v) is 4.44. The molecule has 0 aromatic heterocycles. The Bertz CT molecular complexity index is 243. The predicted molar refractivity (Wildman–Crippen MR) is 55.5 cm³/mol. The summed E-state index contributed by atoms with van der Waals surface area (Å²) in [4.78, 5) is 12.3. The Morgan fingerprint density at radius 3 is 2.69 bits per heavy atom. The largest absolute Gasteiger partial charge is 0.363 e. The first-order chi connectivity index (χ1) is 6.42. The summed E-state index contributed by atoms with van der Waals surface area (Å²) in [6, 6.07) is 0.116. The number of amidine groups is 1. The number of nitrogens with zero attached hydrogens (tertiary/aromatic N) is 3. The van der Waals surface area contributed by atoms with Gasteiger partial charge in [0.2, 0.25) is 0 Å². The van der Waals surface area contributed by atoms with E-state index in [-0.39, 0.29) is 12.2 Å². The highest BCUT2D eigenvalue weighted by atomic mass is 15.3. The highest BCUT2D eigenvalue weighted by Crippen LogP contribution is 2.08. The van der Waals surface area contributed by atoms with Gasteiger partial charge >= 0.3 is 0 Å². The van der Waals surface area contributed by atoms with E-state index in [4.69, 9.17) is 0 Å². The molecule has 2 atom stereocenters. The van der Waals surface area contributed by atoms with Crippen LogP contribution in [0.3, 0.4) is 0 Å². The molecule has 2 heterocycles. The molecule has 0 radical (unpaired) electrons.